The van der Waals surface area contributed by atoms with Gasteiger partial charge in [0.05, 0.1) is 6.26 Å². The van der Waals surface area contributed by atoms with Crippen molar-refractivity contribution in [2.24, 2.45) is 0 Å². The third-order valence-corrected chi connectivity index (χ3v) is 1.51. The third-order valence-electron chi connectivity index (χ3n) is 1.27. The fourth-order valence-corrected chi connectivity index (χ4v) is 0.952. The Bertz CT molecular complexity index is 282. The van der Waals surface area contributed by atoms with Crippen LogP contribution in [0.4, 0.5) is 5.69 Å². The zero-order chi connectivity index (χ0) is 8.81. The molecule has 0 saturated carbocycles. The molecule has 62 valence electrons. The van der Waals surface area contributed by atoms with Gasteiger partial charge >= 0.3 is 0 Å². The molecule has 0 spiro atoms. The molecule has 2 nitrogen and oxygen atoms in total. The average Bonchev–Trinajstić information content (AvgIpc) is 2.06. The van der Waals surface area contributed by atoms with Crippen LogP contribution in [0.25, 0.3) is 0 Å². The molecule has 0 bridgehead atoms. The van der Waals surface area contributed by atoms with E-state index < -0.39 is 0 Å². The SMILES string of the molecule is O/C=C/C(=S)Nc1ccccc1. The molecule has 0 aliphatic carbocycles. The first-order valence-electron chi connectivity index (χ1n) is 3.50. The number of para-hydroxylation sites is 1. The molecule has 0 aliphatic rings. The maximum absolute atomic E-state index is 8.41. The lowest BCUT2D eigenvalue weighted by Gasteiger charge is -2.01. The smallest absolute Gasteiger partial charge is 0.106 e. The van der Waals surface area contributed by atoms with Crippen molar-refractivity contribution in [3.8, 4) is 0 Å². The van der Waals surface area contributed by atoms with Crippen LogP contribution >= 0.6 is 12.2 Å². The number of rotatable bonds is 2. The molecule has 0 unspecified atom stereocenters. The lowest BCUT2D eigenvalue weighted by atomic mass is 10.3. The van der Waals surface area contributed by atoms with Crippen LogP contribution in [0.1, 0.15) is 0 Å². The Kier molecular flexibility index (Phi) is 3.29. The fourth-order valence-electron chi connectivity index (χ4n) is 0.773. The number of aliphatic hydroxyl groups is 1. The van der Waals surface area contributed by atoms with E-state index in [2.05, 4.69) is 5.32 Å². The molecular formula is C9H9NOS. The largest absolute Gasteiger partial charge is 0.515 e. The summed E-state index contributed by atoms with van der Waals surface area (Å²) in [7, 11) is 0. The van der Waals surface area contributed by atoms with Gasteiger partial charge in [-0.15, -0.1) is 0 Å². The first-order valence-corrected chi connectivity index (χ1v) is 3.90. The minimum absolute atomic E-state index is 0.490. The molecule has 12 heavy (non-hydrogen) atoms. The quantitative estimate of drug-likeness (QED) is 0.415. The first kappa shape index (κ1) is 8.74. The number of hydrogen-bond acceptors (Lipinski definition) is 2. The Morgan fingerprint density at radius 1 is 1.33 bits per heavy atom. The van der Waals surface area contributed by atoms with Gasteiger partial charge in [-0.2, -0.15) is 0 Å². The van der Waals surface area contributed by atoms with E-state index in [9.17, 15) is 0 Å². The first-order chi connectivity index (χ1) is 5.83. The van der Waals surface area contributed by atoms with E-state index in [0.29, 0.717) is 4.99 Å². The molecule has 1 aromatic rings. The Balaban J connectivity index is 2.59. The maximum Gasteiger partial charge on any atom is 0.106 e. The molecule has 0 fully saturated rings. The van der Waals surface area contributed by atoms with E-state index in [1.165, 1.54) is 6.08 Å². The summed E-state index contributed by atoms with van der Waals surface area (Å²) in [5, 5.41) is 11.3. The van der Waals surface area contributed by atoms with Crippen LogP contribution < -0.4 is 5.32 Å². The molecule has 0 atom stereocenters. The zero-order valence-corrected chi connectivity index (χ0v) is 7.21. The van der Waals surface area contributed by atoms with Gasteiger partial charge < -0.3 is 10.4 Å². The highest BCUT2D eigenvalue weighted by Crippen LogP contribution is 2.04. The zero-order valence-electron chi connectivity index (χ0n) is 6.40. The van der Waals surface area contributed by atoms with Gasteiger partial charge in [0.25, 0.3) is 0 Å². The van der Waals surface area contributed by atoms with Gasteiger partial charge in [-0.05, 0) is 12.1 Å². The Morgan fingerprint density at radius 3 is 2.58 bits per heavy atom. The number of hydrogen-bond donors (Lipinski definition) is 2. The van der Waals surface area contributed by atoms with E-state index in [1.807, 2.05) is 30.3 Å². The minimum Gasteiger partial charge on any atom is -0.515 e. The third kappa shape index (κ3) is 2.72. The predicted octanol–water partition coefficient (Wildman–Crippen LogP) is 2.50. The summed E-state index contributed by atoms with van der Waals surface area (Å²) in [4.78, 5) is 0.490. The van der Waals surface area contributed by atoms with Gasteiger partial charge in [0.15, 0.2) is 0 Å². The van der Waals surface area contributed by atoms with E-state index in [4.69, 9.17) is 17.3 Å². The van der Waals surface area contributed by atoms with E-state index in [0.717, 1.165) is 11.9 Å². The molecule has 0 saturated heterocycles. The highest BCUT2D eigenvalue weighted by molar-refractivity contribution is 7.81. The summed E-state index contributed by atoms with van der Waals surface area (Å²) >= 11 is 4.88. The van der Waals surface area contributed by atoms with Crippen molar-refractivity contribution in [1.82, 2.24) is 0 Å². The van der Waals surface area contributed by atoms with Gasteiger partial charge in [-0.1, -0.05) is 30.4 Å². The average molecular weight is 179 g/mol. The number of benzene rings is 1. The van der Waals surface area contributed by atoms with Crippen LogP contribution in [0.15, 0.2) is 42.7 Å². The van der Waals surface area contributed by atoms with E-state index in [-0.39, 0.29) is 0 Å². The van der Waals surface area contributed by atoms with Crippen LogP contribution in [0.2, 0.25) is 0 Å². The molecule has 0 aliphatic heterocycles. The van der Waals surface area contributed by atoms with Crippen molar-refractivity contribution >= 4 is 22.9 Å². The number of nitrogens with one attached hydrogen (secondary N) is 1. The second-order valence-corrected chi connectivity index (χ2v) is 2.61. The van der Waals surface area contributed by atoms with E-state index in [1.54, 1.807) is 0 Å². The summed E-state index contributed by atoms with van der Waals surface area (Å²) in [6, 6.07) is 9.55. The van der Waals surface area contributed by atoms with Gasteiger partial charge in [0, 0.05) is 11.8 Å². The van der Waals surface area contributed by atoms with Crippen LogP contribution in [0, 0.1) is 0 Å². The van der Waals surface area contributed by atoms with Crippen molar-refractivity contribution in [2.75, 3.05) is 5.32 Å². The summed E-state index contributed by atoms with van der Waals surface area (Å²) < 4.78 is 0. The van der Waals surface area contributed by atoms with Gasteiger partial charge in [0.2, 0.25) is 0 Å². The van der Waals surface area contributed by atoms with Crippen LogP contribution in [0.3, 0.4) is 0 Å². The molecule has 2 N–H and O–H groups in total. The summed E-state index contributed by atoms with van der Waals surface area (Å²) in [6.45, 7) is 0. The van der Waals surface area contributed by atoms with E-state index >= 15 is 0 Å². The molecule has 1 aromatic carbocycles. The second-order valence-electron chi connectivity index (χ2n) is 2.17. The monoisotopic (exact) mass is 179 g/mol. The van der Waals surface area contributed by atoms with Crippen LogP contribution in [0.5, 0.6) is 0 Å². The normalized spacial score (nSPS) is 10.0. The minimum atomic E-state index is 0.490. The fraction of sp³-hybridized carbons (Fsp3) is 0. The Hall–Kier alpha value is -1.35. The van der Waals surface area contributed by atoms with Gasteiger partial charge in [0.1, 0.15) is 4.99 Å². The van der Waals surface area contributed by atoms with Crippen LogP contribution in [-0.4, -0.2) is 10.1 Å². The molecule has 0 radical (unpaired) electrons. The summed E-state index contributed by atoms with van der Waals surface area (Å²) in [5.41, 5.74) is 0.917. The lowest BCUT2D eigenvalue weighted by molar-refractivity contribution is 0.474. The highest BCUT2D eigenvalue weighted by atomic mass is 32.1. The summed E-state index contributed by atoms with van der Waals surface area (Å²) in [6.07, 6.45) is 2.33. The Morgan fingerprint density at radius 2 is 2.00 bits per heavy atom. The Labute approximate surface area is 76.5 Å². The van der Waals surface area contributed by atoms with Crippen molar-refractivity contribution in [3.05, 3.63) is 42.7 Å². The van der Waals surface area contributed by atoms with Crippen molar-refractivity contribution < 1.29 is 5.11 Å². The number of thiocarbonyl (C=S) groups is 1. The van der Waals surface area contributed by atoms with Crippen LogP contribution in [-0.2, 0) is 0 Å². The highest BCUT2D eigenvalue weighted by Gasteiger charge is 1.90. The molecule has 0 aromatic heterocycles. The number of aliphatic hydroxyl groups excluding tert-OH is 1. The standard InChI is InChI=1S/C9H9NOS/c11-7-6-9(12)10-8-4-2-1-3-5-8/h1-7,11H,(H,10,12)/b7-6+. The predicted molar refractivity (Wildman–Crippen MR) is 54.4 cm³/mol. The van der Waals surface area contributed by atoms with Crippen molar-refractivity contribution in [3.63, 3.8) is 0 Å². The van der Waals surface area contributed by atoms with Gasteiger partial charge in [-0.25, -0.2) is 0 Å². The molecule has 0 heterocycles. The van der Waals surface area contributed by atoms with Crippen molar-refractivity contribution in [2.45, 2.75) is 0 Å². The number of anilines is 1. The summed E-state index contributed by atoms with van der Waals surface area (Å²) in [5.74, 6) is 0. The maximum atomic E-state index is 8.41. The molecule has 3 heteroatoms. The topological polar surface area (TPSA) is 32.3 Å². The molecule has 1 rings (SSSR count). The molecule has 0 amide bonds. The lowest BCUT2D eigenvalue weighted by Crippen LogP contribution is -2.04. The molecular weight excluding hydrogens is 170 g/mol. The van der Waals surface area contributed by atoms with Crippen molar-refractivity contribution in [1.29, 1.82) is 0 Å². The second kappa shape index (κ2) is 4.51. The van der Waals surface area contributed by atoms with Gasteiger partial charge in [-0.3, -0.25) is 0 Å².